The van der Waals surface area contributed by atoms with Crippen molar-refractivity contribution < 1.29 is 13.6 Å². The zero-order chi connectivity index (χ0) is 19.9. The first-order valence-corrected chi connectivity index (χ1v) is 10.1. The van der Waals surface area contributed by atoms with Crippen LogP contribution in [0.5, 0.6) is 0 Å². The van der Waals surface area contributed by atoms with Gasteiger partial charge in [0, 0.05) is 57.8 Å². The van der Waals surface area contributed by atoms with Gasteiger partial charge in [-0.15, -0.1) is 24.0 Å². The average Bonchev–Trinajstić information content (AvgIpc) is 3.28. The molecule has 3 rings (SSSR count). The van der Waals surface area contributed by atoms with Gasteiger partial charge in [-0.1, -0.05) is 0 Å². The van der Waals surface area contributed by atoms with E-state index in [9.17, 15) is 13.6 Å². The smallest absolute Gasteiger partial charge is 0.222 e. The maximum absolute atomic E-state index is 14.0. The third-order valence-electron chi connectivity index (χ3n) is 5.15. The fourth-order valence-corrected chi connectivity index (χ4v) is 3.74. The topological polar surface area (TPSA) is 60.0 Å². The molecule has 1 unspecified atom stereocenters. The van der Waals surface area contributed by atoms with Crippen molar-refractivity contribution in [3.63, 3.8) is 0 Å². The lowest BCUT2D eigenvalue weighted by Gasteiger charge is -2.21. The van der Waals surface area contributed by atoms with Crippen LogP contribution in [0.3, 0.4) is 0 Å². The van der Waals surface area contributed by atoms with Gasteiger partial charge >= 0.3 is 0 Å². The molecular formula is C20H30F2IN5O. The summed E-state index contributed by atoms with van der Waals surface area (Å²) in [6.07, 6.45) is 3.31. The third-order valence-corrected chi connectivity index (χ3v) is 5.15. The number of halogens is 3. The molecule has 0 saturated carbocycles. The Morgan fingerprint density at radius 3 is 2.83 bits per heavy atom. The Kier molecular flexibility index (Phi) is 9.38. The number of nitrogens with one attached hydrogen (secondary N) is 2. The number of likely N-dealkylation sites (tertiary alicyclic amines) is 1. The van der Waals surface area contributed by atoms with E-state index in [2.05, 4.69) is 15.6 Å². The van der Waals surface area contributed by atoms with Gasteiger partial charge in [0.05, 0.1) is 5.69 Å². The van der Waals surface area contributed by atoms with Crippen LogP contribution in [0.15, 0.2) is 23.2 Å². The third kappa shape index (κ3) is 6.68. The lowest BCUT2D eigenvalue weighted by atomic mass is 10.2. The molecule has 2 aliphatic heterocycles. The molecule has 2 N–H and O–H groups in total. The molecule has 9 heteroatoms. The van der Waals surface area contributed by atoms with Crippen LogP contribution in [0.2, 0.25) is 0 Å². The van der Waals surface area contributed by atoms with Gasteiger partial charge < -0.3 is 20.4 Å². The maximum atomic E-state index is 14.0. The molecule has 0 aliphatic carbocycles. The van der Waals surface area contributed by atoms with Crippen LogP contribution in [-0.2, 0) is 4.79 Å². The number of hydrogen-bond donors (Lipinski definition) is 2. The van der Waals surface area contributed by atoms with E-state index in [-0.39, 0.29) is 35.9 Å². The first kappa shape index (κ1) is 23.6. The van der Waals surface area contributed by atoms with Crippen LogP contribution in [0.25, 0.3) is 0 Å². The first-order valence-electron chi connectivity index (χ1n) is 10.1. The quantitative estimate of drug-likeness (QED) is 0.251. The van der Waals surface area contributed by atoms with Gasteiger partial charge in [0.1, 0.15) is 11.6 Å². The monoisotopic (exact) mass is 521 g/mol. The van der Waals surface area contributed by atoms with E-state index in [1.165, 1.54) is 12.1 Å². The van der Waals surface area contributed by atoms with Gasteiger partial charge in [0.25, 0.3) is 0 Å². The lowest BCUT2D eigenvalue weighted by molar-refractivity contribution is -0.127. The summed E-state index contributed by atoms with van der Waals surface area (Å²) in [6, 6.07) is 3.84. The Hall–Kier alpha value is -1.65. The van der Waals surface area contributed by atoms with Crippen molar-refractivity contribution in [1.82, 2.24) is 15.5 Å². The van der Waals surface area contributed by atoms with Crippen molar-refractivity contribution in [3.8, 4) is 0 Å². The summed E-state index contributed by atoms with van der Waals surface area (Å²) in [4.78, 5) is 20.1. The highest BCUT2D eigenvalue weighted by molar-refractivity contribution is 14.0. The summed E-state index contributed by atoms with van der Waals surface area (Å²) < 4.78 is 27.1. The molecule has 162 valence electrons. The van der Waals surface area contributed by atoms with E-state index in [0.717, 1.165) is 50.9 Å². The Balaban J connectivity index is 0.00000300. The summed E-state index contributed by atoms with van der Waals surface area (Å²) in [6.45, 7) is 6.35. The summed E-state index contributed by atoms with van der Waals surface area (Å²) in [5.74, 6) is -0.111. The Morgan fingerprint density at radius 2 is 2.14 bits per heavy atom. The molecule has 29 heavy (non-hydrogen) atoms. The van der Waals surface area contributed by atoms with Crippen LogP contribution in [0.1, 0.15) is 32.6 Å². The Morgan fingerprint density at radius 1 is 1.31 bits per heavy atom. The minimum atomic E-state index is -0.563. The number of aliphatic imine (C=N–C) groups is 1. The predicted octanol–water partition coefficient (Wildman–Crippen LogP) is 2.73. The lowest BCUT2D eigenvalue weighted by Crippen LogP contribution is -2.44. The molecular weight excluding hydrogens is 491 g/mol. The predicted molar refractivity (Wildman–Crippen MR) is 122 cm³/mol. The molecule has 1 atom stereocenters. The zero-order valence-electron chi connectivity index (χ0n) is 16.8. The zero-order valence-corrected chi connectivity index (χ0v) is 19.1. The van der Waals surface area contributed by atoms with Gasteiger partial charge in [-0.3, -0.25) is 9.79 Å². The minimum absolute atomic E-state index is 0. The van der Waals surface area contributed by atoms with Crippen LogP contribution < -0.4 is 15.5 Å². The number of anilines is 1. The van der Waals surface area contributed by atoms with E-state index in [1.54, 1.807) is 0 Å². The maximum Gasteiger partial charge on any atom is 0.222 e. The molecule has 0 spiro atoms. The second-order valence-corrected chi connectivity index (χ2v) is 7.27. The van der Waals surface area contributed by atoms with Crippen LogP contribution in [-0.4, -0.2) is 62.1 Å². The fraction of sp³-hybridized carbons (Fsp3) is 0.600. The minimum Gasteiger partial charge on any atom is -0.367 e. The number of carbonyl (C=O) groups excluding carboxylic acids is 1. The standard InChI is InChI=1S/C20H29F2N5O.HI/c1-2-23-20(24-9-4-11-26-10-3-5-19(26)28)25-16-8-12-27(14-16)18-7-6-15(21)13-17(18)22;/h6-7,13,16H,2-5,8-12,14H2,1H3,(H2,23,24,25);1H. The van der Waals surface area contributed by atoms with Crippen LogP contribution >= 0.6 is 24.0 Å². The summed E-state index contributed by atoms with van der Waals surface area (Å²) in [7, 11) is 0. The van der Waals surface area contributed by atoms with Gasteiger partial charge in [-0.2, -0.15) is 0 Å². The van der Waals surface area contributed by atoms with Crippen LogP contribution in [0, 0.1) is 11.6 Å². The van der Waals surface area contributed by atoms with E-state index in [0.29, 0.717) is 31.7 Å². The number of rotatable bonds is 7. The number of hydrogen-bond acceptors (Lipinski definition) is 3. The SMILES string of the molecule is CCNC(=NCCCN1CCCC1=O)NC1CCN(c2ccc(F)cc2F)C1.I. The largest absolute Gasteiger partial charge is 0.367 e. The van der Waals surface area contributed by atoms with Crippen molar-refractivity contribution in [2.45, 2.75) is 38.6 Å². The van der Waals surface area contributed by atoms with E-state index < -0.39 is 11.6 Å². The summed E-state index contributed by atoms with van der Waals surface area (Å²) in [5, 5.41) is 6.64. The number of guanidine groups is 1. The Bertz CT molecular complexity index is 718. The molecule has 1 amide bonds. The molecule has 0 bridgehead atoms. The van der Waals surface area contributed by atoms with E-state index in [1.807, 2.05) is 16.7 Å². The second kappa shape index (κ2) is 11.5. The molecule has 6 nitrogen and oxygen atoms in total. The normalized spacial score (nSPS) is 19.5. The van der Waals surface area contributed by atoms with Crippen LogP contribution in [0.4, 0.5) is 14.5 Å². The highest BCUT2D eigenvalue weighted by Crippen LogP contribution is 2.24. The molecule has 1 aromatic carbocycles. The number of carbonyl (C=O) groups is 1. The summed E-state index contributed by atoms with van der Waals surface area (Å²) >= 11 is 0. The number of amides is 1. The summed E-state index contributed by atoms with van der Waals surface area (Å²) in [5.41, 5.74) is 0.433. The van der Waals surface area contributed by atoms with E-state index in [4.69, 9.17) is 0 Å². The average molecular weight is 521 g/mol. The fourth-order valence-electron chi connectivity index (χ4n) is 3.74. The Labute approximate surface area is 188 Å². The van der Waals surface area contributed by atoms with Gasteiger partial charge in [-0.25, -0.2) is 8.78 Å². The molecule has 2 saturated heterocycles. The van der Waals surface area contributed by atoms with Crippen molar-refractivity contribution in [2.24, 2.45) is 4.99 Å². The van der Waals surface area contributed by atoms with Crippen molar-refractivity contribution >= 4 is 41.5 Å². The van der Waals surface area contributed by atoms with Gasteiger partial charge in [0.15, 0.2) is 5.96 Å². The number of nitrogens with zero attached hydrogens (tertiary/aromatic N) is 3. The molecule has 0 radical (unpaired) electrons. The highest BCUT2D eigenvalue weighted by atomic mass is 127. The second-order valence-electron chi connectivity index (χ2n) is 7.27. The van der Waals surface area contributed by atoms with Crippen molar-refractivity contribution in [1.29, 1.82) is 0 Å². The number of benzene rings is 1. The van der Waals surface area contributed by atoms with Gasteiger partial charge in [0.2, 0.25) is 5.91 Å². The molecule has 2 heterocycles. The highest BCUT2D eigenvalue weighted by Gasteiger charge is 2.25. The van der Waals surface area contributed by atoms with E-state index >= 15 is 0 Å². The molecule has 2 fully saturated rings. The van der Waals surface area contributed by atoms with Gasteiger partial charge in [-0.05, 0) is 38.3 Å². The molecule has 2 aliphatic rings. The molecule has 0 aromatic heterocycles. The van der Waals surface area contributed by atoms with Crippen molar-refractivity contribution in [2.75, 3.05) is 44.2 Å². The first-order chi connectivity index (χ1) is 13.6. The molecule has 1 aromatic rings. The van der Waals surface area contributed by atoms with Crippen molar-refractivity contribution in [3.05, 3.63) is 29.8 Å².